The van der Waals surface area contributed by atoms with Crippen molar-refractivity contribution in [2.45, 2.75) is 37.8 Å². The van der Waals surface area contributed by atoms with Crippen molar-refractivity contribution in [3.05, 3.63) is 26.6 Å². The average Bonchev–Trinajstić information content (AvgIpc) is 2.88. The summed E-state index contributed by atoms with van der Waals surface area (Å²) in [5, 5.41) is 3.63. The van der Waals surface area contributed by atoms with Crippen LogP contribution in [0, 0.1) is 0 Å². The van der Waals surface area contributed by atoms with Gasteiger partial charge in [0.2, 0.25) is 0 Å². The predicted octanol–water partition coefficient (Wildman–Crippen LogP) is 4.18. The van der Waals surface area contributed by atoms with E-state index in [1.54, 1.807) is 7.11 Å². The maximum absolute atomic E-state index is 5.51. The number of ether oxygens (including phenoxy) is 1. The number of nitrogens with zero attached hydrogens (tertiary/aromatic N) is 1. The SMILES string of the molecule is COc1c(Br)cc(Br)cc1CNCC1(N(C)C)CCCC1. The zero-order valence-corrected chi connectivity index (χ0v) is 16.2. The quantitative estimate of drug-likeness (QED) is 0.748. The molecule has 1 saturated carbocycles. The molecule has 1 aromatic carbocycles. The molecule has 0 radical (unpaired) electrons. The second kappa shape index (κ2) is 7.44. The van der Waals surface area contributed by atoms with Crippen molar-refractivity contribution in [2.75, 3.05) is 27.7 Å². The van der Waals surface area contributed by atoms with Crippen LogP contribution in [-0.2, 0) is 6.54 Å². The van der Waals surface area contributed by atoms with Gasteiger partial charge in [0.05, 0.1) is 11.6 Å². The number of hydrogen-bond donors (Lipinski definition) is 1. The molecule has 1 aliphatic carbocycles. The van der Waals surface area contributed by atoms with Crippen LogP contribution < -0.4 is 10.1 Å². The van der Waals surface area contributed by atoms with Gasteiger partial charge >= 0.3 is 0 Å². The van der Waals surface area contributed by atoms with Crippen molar-refractivity contribution >= 4 is 31.9 Å². The highest BCUT2D eigenvalue weighted by atomic mass is 79.9. The Balaban J connectivity index is 2.03. The molecular formula is C16H24Br2N2O. The molecule has 1 aliphatic rings. The number of benzene rings is 1. The molecular weight excluding hydrogens is 396 g/mol. The lowest BCUT2D eigenvalue weighted by atomic mass is 9.96. The van der Waals surface area contributed by atoms with Crippen LogP contribution in [0.15, 0.2) is 21.1 Å². The summed E-state index contributed by atoms with van der Waals surface area (Å²) in [4.78, 5) is 2.39. The lowest BCUT2D eigenvalue weighted by Gasteiger charge is -2.36. The van der Waals surface area contributed by atoms with E-state index in [4.69, 9.17) is 4.74 Å². The third kappa shape index (κ3) is 4.01. The molecule has 0 spiro atoms. The van der Waals surface area contributed by atoms with E-state index in [1.807, 2.05) is 6.07 Å². The summed E-state index contributed by atoms with van der Waals surface area (Å²) < 4.78 is 7.56. The van der Waals surface area contributed by atoms with Gasteiger partial charge in [0.1, 0.15) is 5.75 Å². The molecule has 1 aromatic rings. The fourth-order valence-corrected chi connectivity index (χ4v) is 4.69. The van der Waals surface area contributed by atoms with Crippen LogP contribution in [0.2, 0.25) is 0 Å². The number of halogens is 2. The van der Waals surface area contributed by atoms with Crippen LogP contribution in [0.4, 0.5) is 0 Å². The first kappa shape index (κ1) is 17.3. The standard InChI is InChI=1S/C16H24Br2N2O/c1-20(2)16(6-4-5-7-16)11-19-10-12-8-13(17)9-14(18)15(12)21-3/h8-9,19H,4-7,10-11H2,1-3H3. The minimum absolute atomic E-state index is 0.316. The molecule has 2 rings (SSSR count). The Morgan fingerprint density at radius 3 is 2.48 bits per heavy atom. The van der Waals surface area contributed by atoms with Gasteiger partial charge < -0.3 is 15.0 Å². The van der Waals surface area contributed by atoms with Gasteiger partial charge in [-0.2, -0.15) is 0 Å². The first-order valence-corrected chi connectivity index (χ1v) is 8.97. The average molecular weight is 420 g/mol. The maximum Gasteiger partial charge on any atom is 0.137 e. The summed E-state index contributed by atoms with van der Waals surface area (Å²) in [6, 6.07) is 4.13. The van der Waals surface area contributed by atoms with Crippen molar-refractivity contribution in [3.63, 3.8) is 0 Å². The summed E-state index contributed by atoms with van der Waals surface area (Å²) in [5.41, 5.74) is 1.49. The van der Waals surface area contributed by atoms with Gasteiger partial charge in [-0.3, -0.25) is 0 Å². The molecule has 0 bridgehead atoms. The van der Waals surface area contributed by atoms with Gasteiger partial charge in [0, 0.05) is 28.7 Å². The van der Waals surface area contributed by atoms with Crippen molar-refractivity contribution in [2.24, 2.45) is 0 Å². The Bertz CT molecular complexity index is 485. The first-order valence-electron chi connectivity index (χ1n) is 7.38. The monoisotopic (exact) mass is 418 g/mol. The molecule has 0 unspecified atom stereocenters. The van der Waals surface area contributed by atoms with Crippen molar-refractivity contribution in [3.8, 4) is 5.75 Å². The van der Waals surface area contributed by atoms with Crippen LogP contribution in [0.25, 0.3) is 0 Å². The lowest BCUT2D eigenvalue weighted by Crippen LogP contribution is -2.49. The Hall–Kier alpha value is -0.100. The number of nitrogens with one attached hydrogen (secondary N) is 1. The highest BCUT2D eigenvalue weighted by molar-refractivity contribution is 9.11. The van der Waals surface area contributed by atoms with E-state index >= 15 is 0 Å². The Labute approximate surface area is 144 Å². The molecule has 0 aliphatic heterocycles. The zero-order valence-electron chi connectivity index (χ0n) is 13.0. The maximum atomic E-state index is 5.51. The smallest absolute Gasteiger partial charge is 0.137 e. The Morgan fingerprint density at radius 2 is 1.90 bits per heavy atom. The molecule has 5 heteroatoms. The first-order chi connectivity index (χ1) is 9.98. The van der Waals surface area contributed by atoms with Gasteiger partial charge in [0.25, 0.3) is 0 Å². The summed E-state index contributed by atoms with van der Waals surface area (Å²) in [7, 11) is 6.11. The molecule has 0 amide bonds. The van der Waals surface area contributed by atoms with Gasteiger partial charge in [-0.25, -0.2) is 0 Å². The van der Waals surface area contributed by atoms with Crippen LogP contribution in [0.3, 0.4) is 0 Å². The third-order valence-electron chi connectivity index (χ3n) is 4.54. The largest absolute Gasteiger partial charge is 0.495 e. The summed E-state index contributed by atoms with van der Waals surface area (Å²) in [5.74, 6) is 0.913. The van der Waals surface area contributed by atoms with E-state index in [0.717, 1.165) is 27.8 Å². The molecule has 0 atom stereocenters. The summed E-state index contributed by atoms with van der Waals surface area (Å²) >= 11 is 7.11. The number of methoxy groups -OCH3 is 1. The van der Waals surface area contributed by atoms with E-state index in [0.29, 0.717) is 5.54 Å². The Morgan fingerprint density at radius 1 is 1.24 bits per heavy atom. The van der Waals surface area contributed by atoms with E-state index in [9.17, 15) is 0 Å². The molecule has 21 heavy (non-hydrogen) atoms. The van der Waals surface area contributed by atoms with E-state index in [1.165, 1.54) is 31.2 Å². The Kier molecular flexibility index (Phi) is 6.12. The topological polar surface area (TPSA) is 24.5 Å². The van der Waals surface area contributed by atoms with Crippen LogP contribution in [-0.4, -0.2) is 38.2 Å². The normalized spacial score (nSPS) is 17.4. The molecule has 0 heterocycles. The second-order valence-electron chi connectivity index (χ2n) is 6.01. The van der Waals surface area contributed by atoms with Crippen molar-refractivity contribution < 1.29 is 4.74 Å². The molecule has 3 nitrogen and oxygen atoms in total. The molecule has 1 N–H and O–H groups in total. The van der Waals surface area contributed by atoms with Gasteiger partial charge in [0.15, 0.2) is 0 Å². The minimum atomic E-state index is 0.316. The summed E-state index contributed by atoms with van der Waals surface area (Å²) in [6.45, 7) is 1.84. The molecule has 1 fully saturated rings. The third-order valence-corrected chi connectivity index (χ3v) is 5.59. The number of likely N-dealkylation sites (N-methyl/N-ethyl adjacent to an activating group) is 1. The molecule has 0 aromatic heterocycles. The second-order valence-corrected chi connectivity index (χ2v) is 7.78. The zero-order chi connectivity index (χ0) is 15.5. The molecule has 0 saturated heterocycles. The van der Waals surface area contributed by atoms with Crippen LogP contribution in [0.5, 0.6) is 5.75 Å². The van der Waals surface area contributed by atoms with Gasteiger partial charge in [-0.15, -0.1) is 0 Å². The van der Waals surface area contributed by atoms with Crippen molar-refractivity contribution in [1.29, 1.82) is 0 Å². The van der Waals surface area contributed by atoms with E-state index in [-0.39, 0.29) is 0 Å². The highest BCUT2D eigenvalue weighted by Gasteiger charge is 2.35. The van der Waals surface area contributed by atoms with Crippen LogP contribution >= 0.6 is 31.9 Å². The number of rotatable bonds is 6. The van der Waals surface area contributed by atoms with Gasteiger partial charge in [-0.05, 0) is 55.0 Å². The molecule has 118 valence electrons. The van der Waals surface area contributed by atoms with Gasteiger partial charge in [-0.1, -0.05) is 28.8 Å². The fourth-order valence-electron chi connectivity index (χ4n) is 3.22. The fraction of sp³-hybridized carbons (Fsp3) is 0.625. The number of hydrogen-bond acceptors (Lipinski definition) is 3. The highest BCUT2D eigenvalue weighted by Crippen LogP contribution is 2.34. The van der Waals surface area contributed by atoms with E-state index < -0.39 is 0 Å². The minimum Gasteiger partial charge on any atom is -0.495 e. The van der Waals surface area contributed by atoms with E-state index in [2.05, 4.69) is 62.2 Å². The lowest BCUT2D eigenvalue weighted by molar-refractivity contribution is 0.153. The van der Waals surface area contributed by atoms with Crippen molar-refractivity contribution in [1.82, 2.24) is 10.2 Å². The van der Waals surface area contributed by atoms with Crippen LogP contribution in [0.1, 0.15) is 31.2 Å². The summed E-state index contributed by atoms with van der Waals surface area (Å²) in [6.07, 6.45) is 5.25. The predicted molar refractivity (Wildman–Crippen MR) is 95.0 cm³/mol.